The smallest absolute Gasteiger partial charge is 0.249 e. The summed E-state index contributed by atoms with van der Waals surface area (Å²) in [6.45, 7) is 6.02. The molecule has 29 heavy (non-hydrogen) atoms. The summed E-state index contributed by atoms with van der Waals surface area (Å²) in [5.41, 5.74) is 2.63. The van der Waals surface area contributed by atoms with Crippen molar-refractivity contribution in [3.63, 3.8) is 0 Å². The molecule has 0 aliphatic carbocycles. The second kappa shape index (κ2) is 9.38. The summed E-state index contributed by atoms with van der Waals surface area (Å²) in [6.07, 6.45) is -0.609. The molecule has 2 N–H and O–H groups in total. The van der Waals surface area contributed by atoms with E-state index in [0.717, 1.165) is 16.7 Å². The molecule has 0 fully saturated rings. The fourth-order valence-electron chi connectivity index (χ4n) is 2.93. The molecule has 2 atom stereocenters. The summed E-state index contributed by atoms with van der Waals surface area (Å²) in [4.78, 5) is 12.8. The quantitative estimate of drug-likeness (QED) is 0.608. The molecule has 1 amide bonds. The number of carbonyl (C=O) groups excluding carboxylic acids is 1. The van der Waals surface area contributed by atoms with Crippen LogP contribution >= 0.6 is 0 Å². The summed E-state index contributed by atoms with van der Waals surface area (Å²) in [6, 6.07) is 13.5. The van der Waals surface area contributed by atoms with Crippen LogP contribution in [0.5, 0.6) is 0 Å². The second-order valence-corrected chi connectivity index (χ2v) is 7.20. The van der Waals surface area contributed by atoms with Crippen molar-refractivity contribution in [2.45, 2.75) is 39.5 Å². The number of amides is 1. The number of tetrazole rings is 1. The van der Waals surface area contributed by atoms with Crippen LogP contribution in [-0.2, 0) is 16.1 Å². The Morgan fingerprint density at radius 3 is 2.38 bits per heavy atom. The van der Waals surface area contributed by atoms with Gasteiger partial charge in [0.15, 0.2) is 5.82 Å². The van der Waals surface area contributed by atoms with Crippen LogP contribution in [0.4, 0.5) is 4.39 Å². The maximum Gasteiger partial charge on any atom is 0.249 e. The minimum Gasteiger partial charge on any atom is -0.363 e. The number of ether oxygens (including phenoxy) is 1. The van der Waals surface area contributed by atoms with E-state index in [0.29, 0.717) is 5.82 Å². The van der Waals surface area contributed by atoms with Gasteiger partial charge in [0.25, 0.3) is 0 Å². The number of carbonyl (C=O) groups is 1. The summed E-state index contributed by atoms with van der Waals surface area (Å²) in [7, 11) is 0. The van der Waals surface area contributed by atoms with Gasteiger partial charge in [-0.1, -0.05) is 50.2 Å². The molecule has 0 radical (unpaired) electrons. The normalized spacial score (nSPS) is 13.3. The Bertz CT molecular complexity index is 911. The lowest BCUT2D eigenvalue weighted by atomic mass is 10.0. The molecule has 0 saturated heterocycles. The third-order valence-corrected chi connectivity index (χ3v) is 4.59. The minimum absolute atomic E-state index is 0.0102. The van der Waals surface area contributed by atoms with Gasteiger partial charge in [0.05, 0.1) is 12.6 Å². The standard InChI is InChI=1S/C21H24FN5O2/c1-13(2)19(29-12-15-4-10-18(22)11-5-15)21(28)23-14(3)16-6-8-17(9-7-16)20-24-26-27-25-20/h4-11,13-14,19H,12H2,1-3H3,(H,23,28)(H,24,25,26,27)/t14-,19?/m0/s1. The maximum absolute atomic E-state index is 13.0. The largest absolute Gasteiger partial charge is 0.363 e. The molecular weight excluding hydrogens is 373 g/mol. The molecule has 1 heterocycles. The number of halogens is 1. The average molecular weight is 397 g/mol. The highest BCUT2D eigenvalue weighted by molar-refractivity contribution is 5.81. The topological polar surface area (TPSA) is 92.8 Å². The Kier molecular flexibility index (Phi) is 6.66. The predicted octanol–water partition coefficient (Wildman–Crippen LogP) is 3.42. The minimum atomic E-state index is -0.609. The molecule has 1 aromatic heterocycles. The van der Waals surface area contributed by atoms with Crippen molar-refractivity contribution in [2.24, 2.45) is 5.92 Å². The molecule has 3 aromatic rings. The lowest BCUT2D eigenvalue weighted by molar-refractivity contribution is -0.137. The van der Waals surface area contributed by atoms with Crippen molar-refractivity contribution < 1.29 is 13.9 Å². The number of aromatic amines is 1. The third kappa shape index (κ3) is 5.45. The summed E-state index contributed by atoms with van der Waals surface area (Å²) >= 11 is 0. The van der Waals surface area contributed by atoms with Gasteiger partial charge >= 0.3 is 0 Å². The number of benzene rings is 2. The van der Waals surface area contributed by atoms with E-state index in [9.17, 15) is 9.18 Å². The molecule has 152 valence electrons. The summed E-state index contributed by atoms with van der Waals surface area (Å²) < 4.78 is 18.9. The molecule has 3 rings (SSSR count). The second-order valence-electron chi connectivity index (χ2n) is 7.20. The molecule has 0 bridgehead atoms. The molecule has 0 aliphatic rings. The first-order valence-corrected chi connectivity index (χ1v) is 9.44. The van der Waals surface area contributed by atoms with E-state index in [1.807, 2.05) is 45.0 Å². The van der Waals surface area contributed by atoms with Gasteiger partial charge < -0.3 is 10.1 Å². The molecular formula is C21H24FN5O2. The highest BCUT2D eigenvalue weighted by Gasteiger charge is 2.24. The fourth-order valence-corrected chi connectivity index (χ4v) is 2.93. The van der Waals surface area contributed by atoms with Crippen molar-refractivity contribution in [2.75, 3.05) is 0 Å². The molecule has 0 saturated carbocycles. The fraction of sp³-hybridized carbons (Fsp3) is 0.333. The Hall–Kier alpha value is -3.13. The predicted molar refractivity (Wildman–Crippen MR) is 106 cm³/mol. The molecule has 2 aromatic carbocycles. The number of nitrogens with one attached hydrogen (secondary N) is 2. The molecule has 0 aliphatic heterocycles. The van der Waals surface area contributed by atoms with E-state index < -0.39 is 6.10 Å². The Morgan fingerprint density at radius 1 is 1.10 bits per heavy atom. The zero-order valence-corrected chi connectivity index (χ0v) is 16.6. The van der Waals surface area contributed by atoms with Crippen LogP contribution in [0.15, 0.2) is 48.5 Å². The van der Waals surface area contributed by atoms with E-state index in [1.165, 1.54) is 12.1 Å². The van der Waals surface area contributed by atoms with Crippen LogP contribution in [0.1, 0.15) is 37.9 Å². The number of H-pyrrole nitrogens is 1. The average Bonchev–Trinajstić information content (AvgIpc) is 3.24. The lowest BCUT2D eigenvalue weighted by Gasteiger charge is -2.23. The van der Waals surface area contributed by atoms with Crippen molar-refractivity contribution in [1.29, 1.82) is 0 Å². The van der Waals surface area contributed by atoms with Gasteiger partial charge in [-0.3, -0.25) is 4.79 Å². The van der Waals surface area contributed by atoms with Crippen LogP contribution in [0.2, 0.25) is 0 Å². The lowest BCUT2D eigenvalue weighted by Crippen LogP contribution is -2.40. The number of aromatic nitrogens is 4. The molecule has 7 nitrogen and oxygen atoms in total. The van der Waals surface area contributed by atoms with Gasteiger partial charge in [0.2, 0.25) is 5.91 Å². The van der Waals surface area contributed by atoms with Gasteiger partial charge in [0, 0.05) is 5.56 Å². The van der Waals surface area contributed by atoms with Gasteiger partial charge in [0.1, 0.15) is 11.9 Å². The van der Waals surface area contributed by atoms with E-state index in [2.05, 4.69) is 25.9 Å². The highest BCUT2D eigenvalue weighted by Crippen LogP contribution is 2.19. The Balaban J connectivity index is 1.60. The van der Waals surface area contributed by atoms with Crippen LogP contribution in [0.3, 0.4) is 0 Å². The van der Waals surface area contributed by atoms with Gasteiger partial charge in [-0.25, -0.2) is 9.49 Å². The first-order valence-electron chi connectivity index (χ1n) is 9.44. The highest BCUT2D eigenvalue weighted by atomic mass is 19.1. The zero-order valence-electron chi connectivity index (χ0n) is 16.6. The number of hydrogen-bond donors (Lipinski definition) is 2. The third-order valence-electron chi connectivity index (χ3n) is 4.59. The summed E-state index contributed by atoms with van der Waals surface area (Å²) in [5.74, 6) is 0.0933. The SMILES string of the molecule is CC(C)C(OCc1ccc(F)cc1)C(=O)N[C@@H](C)c1ccc(-c2nnn[nH]2)cc1. The number of hydrogen-bond acceptors (Lipinski definition) is 5. The number of nitrogens with zero attached hydrogens (tertiary/aromatic N) is 3. The van der Waals surface area contributed by atoms with Crippen molar-refractivity contribution in [3.05, 3.63) is 65.5 Å². The monoisotopic (exact) mass is 397 g/mol. The molecule has 8 heteroatoms. The van der Waals surface area contributed by atoms with Gasteiger partial charge in [-0.15, -0.1) is 5.10 Å². The van der Waals surface area contributed by atoms with Gasteiger partial charge in [-0.05, 0) is 46.5 Å². The van der Waals surface area contributed by atoms with Crippen molar-refractivity contribution in [3.8, 4) is 11.4 Å². The van der Waals surface area contributed by atoms with E-state index in [-0.39, 0.29) is 30.3 Å². The Labute approximate surface area is 168 Å². The molecule has 1 unspecified atom stereocenters. The van der Waals surface area contributed by atoms with Crippen LogP contribution in [0, 0.1) is 11.7 Å². The first-order chi connectivity index (χ1) is 13.9. The molecule has 0 spiro atoms. The number of rotatable bonds is 8. The van der Waals surface area contributed by atoms with E-state index in [4.69, 9.17) is 4.74 Å². The van der Waals surface area contributed by atoms with Crippen LogP contribution in [-0.4, -0.2) is 32.6 Å². The van der Waals surface area contributed by atoms with E-state index >= 15 is 0 Å². The summed E-state index contributed by atoms with van der Waals surface area (Å²) in [5, 5.41) is 16.7. The zero-order chi connectivity index (χ0) is 20.8. The van der Waals surface area contributed by atoms with Gasteiger partial charge in [-0.2, -0.15) is 0 Å². The Morgan fingerprint density at radius 2 is 1.79 bits per heavy atom. The van der Waals surface area contributed by atoms with Crippen molar-refractivity contribution >= 4 is 5.91 Å². The first kappa shape index (κ1) is 20.6. The van der Waals surface area contributed by atoms with E-state index in [1.54, 1.807) is 12.1 Å². The van der Waals surface area contributed by atoms with Crippen LogP contribution in [0.25, 0.3) is 11.4 Å². The van der Waals surface area contributed by atoms with Crippen LogP contribution < -0.4 is 5.32 Å². The maximum atomic E-state index is 13.0. The van der Waals surface area contributed by atoms with Crippen molar-refractivity contribution in [1.82, 2.24) is 25.9 Å².